The van der Waals surface area contributed by atoms with Gasteiger partial charge in [-0.1, -0.05) is 39.0 Å². The number of amides is 3. The van der Waals surface area contributed by atoms with Crippen LogP contribution in [0.4, 0.5) is 20.6 Å². The van der Waals surface area contributed by atoms with Crippen LogP contribution in [0.15, 0.2) is 54.6 Å². The lowest BCUT2D eigenvalue weighted by molar-refractivity contribution is -0.128. The lowest BCUT2D eigenvalue weighted by Gasteiger charge is -2.25. The molecule has 0 aliphatic heterocycles. The lowest BCUT2D eigenvalue weighted by atomic mass is 9.96. The number of carbonyl (C=O) groups is 2. The SMILES string of the molecule is CC(C)(C)C(=O)NCCN(C(=O)Nc1ccccc1)c1ccc(F)cc1. The fourth-order valence-corrected chi connectivity index (χ4v) is 2.23. The van der Waals surface area contributed by atoms with Crippen molar-refractivity contribution in [2.45, 2.75) is 20.8 Å². The van der Waals surface area contributed by atoms with E-state index >= 15 is 0 Å². The molecule has 0 aromatic heterocycles. The number of carbonyl (C=O) groups excluding carboxylic acids is 2. The third-order valence-electron chi connectivity index (χ3n) is 3.71. The Labute approximate surface area is 153 Å². The van der Waals surface area contributed by atoms with Crippen LogP contribution < -0.4 is 15.5 Å². The molecule has 0 saturated heterocycles. The molecule has 0 aliphatic rings. The highest BCUT2D eigenvalue weighted by atomic mass is 19.1. The number of para-hydroxylation sites is 1. The number of nitrogens with zero attached hydrogens (tertiary/aromatic N) is 1. The quantitative estimate of drug-likeness (QED) is 0.849. The minimum Gasteiger partial charge on any atom is -0.354 e. The molecule has 2 rings (SSSR count). The molecule has 5 nitrogen and oxygen atoms in total. The van der Waals surface area contributed by atoms with E-state index in [0.29, 0.717) is 11.4 Å². The highest BCUT2D eigenvalue weighted by molar-refractivity contribution is 6.01. The first-order valence-electron chi connectivity index (χ1n) is 8.45. The molecule has 26 heavy (non-hydrogen) atoms. The molecule has 0 saturated carbocycles. The summed E-state index contributed by atoms with van der Waals surface area (Å²) in [6.45, 7) is 6.01. The van der Waals surface area contributed by atoms with Gasteiger partial charge in [0.1, 0.15) is 5.82 Å². The van der Waals surface area contributed by atoms with Gasteiger partial charge in [-0.3, -0.25) is 9.69 Å². The van der Waals surface area contributed by atoms with E-state index in [0.717, 1.165) is 0 Å². The van der Waals surface area contributed by atoms with Crippen LogP contribution >= 0.6 is 0 Å². The Bertz CT molecular complexity index is 740. The van der Waals surface area contributed by atoms with Crippen molar-refractivity contribution in [3.8, 4) is 0 Å². The van der Waals surface area contributed by atoms with Crippen LogP contribution in [-0.2, 0) is 4.79 Å². The van der Waals surface area contributed by atoms with Gasteiger partial charge in [0.2, 0.25) is 5.91 Å². The standard InChI is InChI=1S/C20H24FN3O2/c1-20(2,3)18(25)22-13-14-24(17-11-9-15(21)10-12-17)19(26)23-16-7-5-4-6-8-16/h4-12H,13-14H2,1-3H3,(H,22,25)(H,23,26). The second kappa shape index (κ2) is 8.47. The second-order valence-corrected chi connectivity index (χ2v) is 6.93. The number of nitrogens with one attached hydrogen (secondary N) is 2. The summed E-state index contributed by atoms with van der Waals surface area (Å²) < 4.78 is 13.2. The fraction of sp³-hybridized carbons (Fsp3) is 0.300. The van der Waals surface area contributed by atoms with Crippen molar-refractivity contribution >= 4 is 23.3 Å². The number of urea groups is 1. The van der Waals surface area contributed by atoms with Crippen LogP contribution in [0.25, 0.3) is 0 Å². The van der Waals surface area contributed by atoms with Crippen molar-refractivity contribution in [2.24, 2.45) is 5.41 Å². The maximum absolute atomic E-state index is 13.2. The van der Waals surface area contributed by atoms with Crippen LogP contribution in [-0.4, -0.2) is 25.0 Å². The van der Waals surface area contributed by atoms with E-state index in [1.165, 1.54) is 29.2 Å². The van der Waals surface area contributed by atoms with Gasteiger partial charge < -0.3 is 10.6 Å². The minimum atomic E-state index is -0.507. The zero-order chi connectivity index (χ0) is 19.2. The van der Waals surface area contributed by atoms with Gasteiger partial charge in [-0.25, -0.2) is 9.18 Å². The van der Waals surface area contributed by atoms with Crippen molar-refractivity contribution < 1.29 is 14.0 Å². The van der Waals surface area contributed by atoms with Crippen LogP contribution in [0.3, 0.4) is 0 Å². The largest absolute Gasteiger partial charge is 0.354 e. The molecule has 0 fully saturated rings. The number of halogens is 1. The Morgan fingerprint density at radius 1 is 1.00 bits per heavy atom. The van der Waals surface area contributed by atoms with Gasteiger partial charge in [0.15, 0.2) is 0 Å². The van der Waals surface area contributed by atoms with Gasteiger partial charge in [0.05, 0.1) is 0 Å². The van der Waals surface area contributed by atoms with E-state index in [1.54, 1.807) is 12.1 Å². The first-order valence-corrected chi connectivity index (χ1v) is 8.45. The van der Waals surface area contributed by atoms with Crippen LogP contribution in [0, 0.1) is 11.2 Å². The molecule has 2 aromatic rings. The zero-order valence-electron chi connectivity index (χ0n) is 15.3. The number of rotatable bonds is 5. The third-order valence-corrected chi connectivity index (χ3v) is 3.71. The highest BCUT2D eigenvalue weighted by Crippen LogP contribution is 2.17. The van der Waals surface area contributed by atoms with Crippen LogP contribution in [0.5, 0.6) is 0 Å². The predicted octanol–water partition coefficient (Wildman–Crippen LogP) is 4.03. The smallest absolute Gasteiger partial charge is 0.326 e. The summed E-state index contributed by atoms with van der Waals surface area (Å²) in [5.41, 5.74) is 0.695. The fourth-order valence-electron chi connectivity index (χ4n) is 2.23. The van der Waals surface area contributed by atoms with Crippen molar-refractivity contribution in [1.82, 2.24) is 5.32 Å². The van der Waals surface area contributed by atoms with E-state index in [-0.39, 0.29) is 30.8 Å². The van der Waals surface area contributed by atoms with E-state index in [1.807, 2.05) is 39.0 Å². The molecule has 2 aromatic carbocycles. The van der Waals surface area contributed by atoms with E-state index in [2.05, 4.69) is 10.6 Å². The normalized spacial score (nSPS) is 10.9. The van der Waals surface area contributed by atoms with E-state index < -0.39 is 5.41 Å². The van der Waals surface area contributed by atoms with Crippen molar-refractivity contribution in [3.63, 3.8) is 0 Å². The molecule has 0 radical (unpaired) electrons. The van der Waals surface area contributed by atoms with Crippen molar-refractivity contribution in [2.75, 3.05) is 23.3 Å². The summed E-state index contributed by atoms with van der Waals surface area (Å²) in [5.74, 6) is -0.474. The van der Waals surface area contributed by atoms with Gasteiger partial charge in [-0.2, -0.15) is 0 Å². The number of anilines is 2. The Kier molecular flexibility index (Phi) is 6.33. The summed E-state index contributed by atoms with van der Waals surface area (Å²) >= 11 is 0. The first kappa shape index (κ1) is 19.4. The summed E-state index contributed by atoms with van der Waals surface area (Å²) in [7, 11) is 0. The molecule has 0 atom stereocenters. The molecule has 0 heterocycles. The van der Waals surface area contributed by atoms with Crippen molar-refractivity contribution in [1.29, 1.82) is 0 Å². The van der Waals surface area contributed by atoms with Crippen molar-refractivity contribution in [3.05, 3.63) is 60.4 Å². The van der Waals surface area contributed by atoms with E-state index in [9.17, 15) is 14.0 Å². The predicted molar refractivity (Wildman–Crippen MR) is 102 cm³/mol. The number of hydrogen-bond acceptors (Lipinski definition) is 2. The molecular weight excluding hydrogens is 333 g/mol. The molecule has 138 valence electrons. The Morgan fingerprint density at radius 2 is 1.62 bits per heavy atom. The molecule has 0 bridgehead atoms. The Morgan fingerprint density at radius 3 is 2.19 bits per heavy atom. The highest BCUT2D eigenvalue weighted by Gasteiger charge is 2.22. The molecule has 0 unspecified atom stereocenters. The summed E-state index contributed by atoms with van der Waals surface area (Å²) in [4.78, 5) is 26.2. The molecule has 0 aliphatic carbocycles. The molecule has 3 amide bonds. The Hall–Kier alpha value is -2.89. The van der Waals surface area contributed by atoms with Gasteiger partial charge in [0.25, 0.3) is 0 Å². The third kappa shape index (κ3) is 5.58. The van der Waals surface area contributed by atoms with Gasteiger partial charge >= 0.3 is 6.03 Å². The lowest BCUT2D eigenvalue weighted by Crippen LogP contribution is -2.43. The van der Waals surface area contributed by atoms with Crippen LogP contribution in [0.1, 0.15) is 20.8 Å². The summed E-state index contributed by atoms with van der Waals surface area (Å²) in [6.07, 6.45) is 0. The van der Waals surface area contributed by atoms with E-state index in [4.69, 9.17) is 0 Å². The number of hydrogen-bond donors (Lipinski definition) is 2. The topological polar surface area (TPSA) is 61.4 Å². The summed E-state index contributed by atoms with van der Waals surface area (Å²) in [5, 5.41) is 5.62. The molecular formula is C20H24FN3O2. The van der Waals surface area contributed by atoms with Gasteiger partial charge in [0, 0.05) is 29.9 Å². The maximum atomic E-state index is 13.2. The number of benzene rings is 2. The Balaban J connectivity index is 2.10. The average molecular weight is 357 g/mol. The van der Waals surface area contributed by atoms with Gasteiger partial charge in [-0.15, -0.1) is 0 Å². The average Bonchev–Trinajstić information content (AvgIpc) is 2.59. The minimum absolute atomic E-state index is 0.0972. The monoisotopic (exact) mass is 357 g/mol. The van der Waals surface area contributed by atoms with Gasteiger partial charge in [-0.05, 0) is 36.4 Å². The zero-order valence-corrected chi connectivity index (χ0v) is 15.3. The second-order valence-electron chi connectivity index (χ2n) is 6.93. The summed E-state index contributed by atoms with van der Waals surface area (Å²) in [6, 6.07) is 14.4. The van der Waals surface area contributed by atoms with Crippen LogP contribution in [0.2, 0.25) is 0 Å². The molecule has 2 N–H and O–H groups in total. The first-order chi connectivity index (χ1) is 12.3. The maximum Gasteiger partial charge on any atom is 0.326 e. The molecule has 6 heteroatoms. The molecule has 0 spiro atoms.